The summed E-state index contributed by atoms with van der Waals surface area (Å²) in [6, 6.07) is 6.80. The number of thioether (sulfide) groups is 1. The Balaban J connectivity index is 2.10. The minimum Gasteiger partial charge on any atom is -0.208 e. The molecule has 0 bridgehead atoms. The van der Waals surface area contributed by atoms with Crippen LogP contribution in [0.4, 0.5) is 0 Å². The first-order valence-corrected chi connectivity index (χ1v) is 8.87. The van der Waals surface area contributed by atoms with E-state index in [2.05, 4.69) is 20.7 Å². The third-order valence-corrected chi connectivity index (χ3v) is 5.78. The molecule has 0 amide bonds. The lowest BCUT2D eigenvalue weighted by Gasteiger charge is -2.22. The van der Waals surface area contributed by atoms with Gasteiger partial charge in [0.25, 0.3) is 0 Å². The van der Waals surface area contributed by atoms with Crippen molar-refractivity contribution in [2.24, 2.45) is 0 Å². The highest BCUT2D eigenvalue weighted by molar-refractivity contribution is 9.10. The third kappa shape index (κ3) is 3.71. The molecule has 1 aromatic carbocycles. The van der Waals surface area contributed by atoms with Crippen molar-refractivity contribution in [2.75, 3.05) is 11.5 Å². The van der Waals surface area contributed by atoms with Gasteiger partial charge in [0.05, 0.1) is 4.90 Å². The SMILES string of the molecule is O=S(=O)(NC1CCSCC1)c1ccc(Br)cc1. The van der Waals surface area contributed by atoms with Crippen molar-refractivity contribution in [1.82, 2.24) is 4.72 Å². The summed E-state index contributed by atoms with van der Waals surface area (Å²) < 4.78 is 27.8. The highest BCUT2D eigenvalue weighted by atomic mass is 79.9. The van der Waals surface area contributed by atoms with E-state index < -0.39 is 10.0 Å². The fourth-order valence-corrected chi connectivity index (χ4v) is 4.39. The number of hydrogen-bond acceptors (Lipinski definition) is 3. The Kier molecular flexibility index (Phi) is 4.52. The molecular formula is C11H14BrNO2S2. The average Bonchev–Trinajstić information content (AvgIpc) is 2.30. The quantitative estimate of drug-likeness (QED) is 0.923. The molecule has 1 aliphatic heterocycles. The van der Waals surface area contributed by atoms with Gasteiger partial charge >= 0.3 is 0 Å². The first-order valence-electron chi connectivity index (χ1n) is 5.43. The Morgan fingerprint density at radius 2 is 1.76 bits per heavy atom. The van der Waals surface area contributed by atoms with E-state index in [1.165, 1.54) is 0 Å². The van der Waals surface area contributed by atoms with Gasteiger partial charge in [-0.3, -0.25) is 0 Å². The summed E-state index contributed by atoms with van der Waals surface area (Å²) in [4.78, 5) is 0.332. The van der Waals surface area contributed by atoms with Crippen molar-refractivity contribution in [2.45, 2.75) is 23.8 Å². The van der Waals surface area contributed by atoms with Crippen LogP contribution >= 0.6 is 27.7 Å². The van der Waals surface area contributed by atoms with Gasteiger partial charge in [-0.25, -0.2) is 13.1 Å². The predicted molar refractivity (Wildman–Crippen MR) is 74.8 cm³/mol. The summed E-state index contributed by atoms with van der Waals surface area (Å²) >= 11 is 5.17. The molecule has 0 saturated carbocycles. The average molecular weight is 336 g/mol. The van der Waals surface area contributed by atoms with E-state index in [0.717, 1.165) is 28.8 Å². The summed E-state index contributed by atoms with van der Waals surface area (Å²) in [5.41, 5.74) is 0. The van der Waals surface area contributed by atoms with E-state index in [1.807, 2.05) is 11.8 Å². The number of nitrogens with one attached hydrogen (secondary N) is 1. The molecule has 1 aliphatic rings. The van der Waals surface area contributed by atoms with Crippen molar-refractivity contribution < 1.29 is 8.42 Å². The summed E-state index contributed by atoms with van der Waals surface area (Å²) in [5.74, 6) is 2.07. The maximum atomic E-state index is 12.1. The highest BCUT2D eigenvalue weighted by Gasteiger charge is 2.21. The summed E-state index contributed by atoms with van der Waals surface area (Å²) in [5, 5.41) is 0. The second kappa shape index (κ2) is 5.73. The van der Waals surface area contributed by atoms with Crippen LogP contribution in [0, 0.1) is 0 Å². The molecule has 17 heavy (non-hydrogen) atoms. The van der Waals surface area contributed by atoms with Crippen LogP contribution in [-0.2, 0) is 10.0 Å². The second-order valence-corrected chi connectivity index (χ2v) is 7.82. The van der Waals surface area contributed by atoms with Gasteiger partial charge in [0.1, 0.15) is 0 Å². The van der Waals surface area contributed by atoms with Gasteiger partial charge in [0.2, 0.25) is 10.0 Å². The van der Waals surface area contributed by atoms with Gasteiger partial charge < -0.3 is 0 Å². The Hall–Kier alpha value is -0.0400. The lowest BCUT2D eigenvalue weighted by molar-refractivity contribution is 0.529. The lowest BCUT2D eigenvalue weighted by Crippen LogP contribution is -2.37. The van der Waals surface area contributed by atoms with Crippen LogP contribution < -0.4 is 4.72 Å². The van der Waals surface area contributed by atoms with Crippen molar-refractivity contribution in [3.05, 3.63) is 28.7 Å². The van der Waals surface area contributed by atoms with Gasteiger partial charge in [-0.15, -0.1) is 0 Å². The third-order valence-electron chi connectivity index (χ3n) is 2.67. The molecule has 1 N–H and O–H groups in total. The first-order chi connectivity index (χ1) is 8.08. The minimum atomic E-state index is -3.36. The number of rotatable bonds is 3. The summed E-state index contributed by atoms with van der Waals surface area (Å²) in [7, 11) is -3.36. The molecular weight excluding hydrogens is 322 g/mol. The molecule has 1 heterocycles. The van der Waals surface area contributed by atoms with Crippen molar-refractivity contribution in [3.63, 3.8) is 0 Å². The Bertz CT molecular complexity index is 467. The maximum absolute atomic E-state index is 12.1. The number of hydrogen-bond donors (Lipinski definition) is 1. The van der Waals surface area contributed by atoms with E-state index in [0.29, 0.717) is 4.90 Å². The zero-order valence-corrected chi connectivity index (χ0v) is 12.4. The van der Waals surface area contributed by atoms with Gasteiger partial charge in [0.15, 0.2) is 0 Å². The second-order valence-electron chi connectivity index (χ2n) is 3.96. The summed E-state index contributed by atoms with van der Waals surface area (Å²) in [6.07, 6.45) is 1.83. The van der Waals surface area contributed by atoms with Gasteiger partial charge in [-0.1, -0.05) is 15.9 Å². The van der Waals surface area contributed by atoms with Crippen LogP contribution in [-0.4, -0.2) is 26.0 Å². The maximum Gasteiger partial charge on any atom is 0.240 e. The predicted octanol–water partition coefficient (Wildman–Crippen LogP) is 2.62. The molecule has 0 unspecified atom stereocenters. The topological polar surface area (TPSA) is 46.2 Å². The number of halogens is 1. The molecule has 1 fully saturated rings. The van der Waals surface area contributed by atoms with Crippen LogP contribution in [0.15, 0.2) is 33.6 Å². The Morgan fingerprint density at radius 1 is 1.18 bits per heavy atom. The van der Waals surface area contributed by atoms with Crippen LogP contribution in [0.25, 0.3) is 0 Å². The Labute approximate surface area is 115 Å². The van der Waals surface area contributed by atoms with E-state index in [1.54, 1.807) is 24.3 Å². The first kappa shape index (κ1) is 13.4. The van der Waals surface area contributed by atoms with Crippen LogP contribution in [0.3, 0.4) is 0 Å². The van der Waals surface area contributed by atoms with Crippen molar-refractivity contribution >= 4 is 37.7 Å². The normalized spacial score (nSPS) is 18.2. The molecule has 94 valence electrons. The van der Waals surface area contributed by atoms with E-state index in [4.69, 9.17) is 0 Å². The fourth-order valence-electron chi connectivity index (χ4n) is 1.72. The van der Waals surface area contributed by atoms with Crippen LogP contribution in [0.1, 0.15) is 12.8 Å². The van der Waals surface area contributed by atoms with Gasteiger partial charge in [-0.05, 0) is 48.6 Å². The number of sulfonamides is 1. The highest BCUT2D eigenvalue weighted by Crippen LogP contribution is 2.20. The number of benzene rings is 1. The van der Waals surface area contributed by atoms with Crippen LogP contribution in [0.5, 0.6) is 0 Å². The standard InChI is InChI=1S/C11H14BrNO2S2/c12-9-1-3-11(4-2-9)17(14,15)13-10-5-7-16-8-6-10/h1-4,10,13H,5-8H2. The zero-order chi connectivity index (χ0) is 12.3. The molecule has 6 heteroatoms. The molecule has 1 saturated heterocycles. The molecule has 0 radical (unpaired) electrons. The smallest absolute Gasteiger partial charge is 0.208 e. The van der Waals surface area contributed by atoms with E-state index >= 15 is 0 Å². The molecule has 3 nitrogen and oxygen atoms in total. The summed E-state index contributed by atoms with van der Waals surface area (Å²) in [6.45, 7) is 0. The van der Waals surface area contributed by atoms with Crippen molar-refractivity contribution in [3.8, 4) is 0 Å². The molecule has 0 atom stereocenters. The monoisotopic (exact) mass is 335 g/mol. The molecule has 2 rings (SSSR count). The minimum absolute atomic E-state index is 0.0879. The van der Waals surface area contributed by atoms with Gasteiger partial charge in [0, 0.05) is 10.5 Å². The molecule has 0 aliphatic carbocycles. The lowest BCUT2D eigenvalue weighted by atomic mass is 10.2. The molecule has 0 spiro atoms. The van der Waals surface area contributed by atoms with E-state index in [-0.39, 0.29) is 6.04 Å². The molecule has 0 aromatic heterocycles. The van der Waals surface area contributed by atoms with Gasteiger partial charge in [-0.2, -0.15) is 11.8 Å². The largest absolute Gasteiger partial charge is 0.240 e. The van der Waals surface area contributed by atoms with Crippen molar-refractivity contribution in [1.29, 1.82) is 0 Å². The van der Waals surface area contributed by atoms with Crippen LogP contribution in [0.2, 0.25) is 0 Å². The molecule has 1 aromatic rings. The fraction of sp³-hybridized carbons (Fsp3) is 0.455. The zero-order valence-electron chi connectivity index (χ0n) is 9.23. The Morgan fingerprint density at radius 3 is 2.35 bits per heavy atom. The van der Waals surface area contributed by atoms with E-state index in [9.17, 15) is 8.42 Å².